The number of carbonyl (C=O) groups excluding carboxylic acids is 1. The average molecular weight is 346 g/mol. The molecule has 138 valence electrons. The summed E-state index contributed by atoms with van der Waals surface area (Å²) in [4.78, 5) is 16.7. The lowest BCUT2D eigenvalue weighted by atomic mass is 10.1. The van der Waals surface area contributed by atoms with E-state index in [1.165, 1.54) is 19.3 Å². The van der Waals surface area contributed by atoms with Gasteiger partial charge in [-0.1, -0.05) is 0 Å². The molecule has 1 aromatic carbocycles. The van der Waals surface area contributed by atoms with Crippen molar-refractivity contribution < 1.29 is 14.3 Å². The van der Waals surface area contributed by atoms with Crippen LogP contribution in [-0.4, -0.2) is 68.1 Å². The fourth-order valence-electron chi connectivity index (χ4n) is 3.80. The van der Waals surface area contributed by atoms with E-state index in [9.17, 15) is 4.79 Å². The summed E-state index contributed by atoms with van der Waals surface area (Å²) in [5.41, 5.74) is 1.86. The Balaban J connectivity index is 1.59. The molecule has 0 amide bonds. The van der Waals surface area contributed by atoms with Crippen molar-refractivity contribution in [1.82, 2.24) is 9.80 Å². The maximum atomic E-state index is 11.7. The van der Waals surface area contributed by atoms with Gasteiger partial charge in [0.05, 0.1) is 13.2 Å². The Hall–Kier alpha value is -1.43. The molecule has 1 unspecified atom stereocenters. The van der Waals surface area contributed by atoms with Gasteiger partial charge in [0, 0.05) is 43.9 Å². The molecule has 0 radical (unpaired) electrons. The molecular formula is C20H30N2O3. The number of Topliss-reactive ketones (excluding diaryl/α,β-unsaturated/α-hetero) is 1. The number of benzene rings is 1. The van der Waals surface area contributed by atoms with Crippen LogP contribution in [0.3, 0.4) is 0 Å². The van der Waals surface area contributed by atoms with Gasteiger partial charge in [0.1, 0.15) is 5.75 Å². The van der Waals surface area contributed by atoms with Crippen LogP contribution in [0.1, 0.15) is 42.1 Å². The van der Waals surface area contributed by atoms with Crippen LogP contribution in [0.15, 0.2) is 18.2 Å². The number of ether oxygens (including phenoxy) is 2. The van der Waals surface area contributed by atoms with Crippen LogP contribution in [0.2, 0.25) is 0 Å². The van der Waals surface area contributed by atoms with Crippen LogP contribution in [0.25, 0.3) is 0 Å². The van der Waals surface area contributed by atoms with Gasteiger partial charge >= 0.3 is 0 Å². The molecule has 2 saturated heterocycles. The minimum atomic E-state index is 0.0995. The summed E-state index contributed by atoms with van der Waals surface area (Å²) in [6.07, 6.45) is 4.01. The molecule has 0 bridgehead atoms. The fraction of sp³-hybridized carbons (Fsp3) is 0.650. The second kappa shape index (κ2) is 8.79. The molecule has 3 rings (SSSR count). The first kappa shape index (κ1) is 18.4. The molecule has 0 aliphatic carbocycles. The van der Waals surface area contributed by atoms with E-state index in [-0.39, 0.29) is 5.78 Å². The van der Waals surface area contributed by atoms with E-state index in [0.29, 0.717) is 6.10 Å². The van der Waals surface area contributed by atoms with Crippen molar-refractivity contribution in [2.45, 2.75) is 38.8 Å². The standard InChI is InChI=1S/C20H30N2O3/c1-16(23)17-6-7-20(24-2)18(13-17)14-21-8-4-9-22(11-10-21)15-19-5-3-12-25-19/h6-7,13,19H,3-5,8-12,14-15H2,1-2H3. The number of carbonyl (C=O) groups is 1. The minimum Gasteiger partial charge on any atom is -0.496 e. The molecule has 0 aromatic heterocycles. The van der Waals surface area contributed by atoms with Gasteiger partial charge in [-0.15, -0.1) is 0 Å². The third-order valence-electron chi connectivity index (χ3n) is 5.25. The van der Waals surface area contributed by atoms with Crippen molar-refractivity contribution in [3.05, 3.63) is 29.3 Å². The Morgan fingerprint density at radius 3 is 2.72 bits per heavy atom. The fourth-order valence-corrected chi connectivity index (χ4v) is 3.80. The molecule has 1 atom stereocenters. The van der Waals surface area contributed by atoms with Crippen molar-refractivity contribution >= 4 is 5.78 Å². The second-order valence-electron chi connectivity index (χ2n) is 7.15. The van der Waals surface area contributed by atoms with E-state index in [0.717, 1.165) is 62.8 Å². The van der Waals surface area contributed by atoms with E-state index in [2.05, 4.69) is 9.80 Å². The van der Waals surface area contributed by atoms with Crippen molar-refractivity contribution in [3.8, 4) is 5.75 Å². The van der Waals surface area contributed by atoms with Crippen molar-refractivity contribution in [2.24, 2.45) is 0 Å². The lowest BCUT2D eigenvalue weighted by Gasteiger charge is -2.24. The summed E-state index contributed by atoms with van der Waals surface area (Å²) in [5, 5.41) is 0. The number of hydrogen-bond donors (Lipinski definition) is 0. The summed E-state index contributed by atoms with van der Waals surface area (Å²) in [7, 11) is 1.69. The molecule has 2 aliphatic rings. The molecule has 0 N–H and O–H groups in total. The smallest absolute Gasteiger partial charge is 0.159 e. The van der Waals surface area contributed by atoms with Crippen molar-refractivity contribution in [2.75, 3.05) is 46.4 Å². The van der Waals surface area contributed by atoms with Crippen LogP contribution in [-0.2, 0) is 11.3 Å². The van der Waals surface area contributed by atoms with Gasteiger partial charge in [-0.25, -0.2) is 0 Å². The van der Waals surface area contributed by atoms with Crippen molar-refractivity contribution in [3.63, 3.8) is 0 Å². The minimum absolute atomic E-state index is 0.0995. The third-order valence-corrected chi connectivity index (χ3v) is 5.25. The number of hydrogen-bond acceptors (Lipinski definition) is 5. The lowest BCUT2D eigenvalue weighted by molar-refractivity contribution is 0.0742. The molecule has 2 aliphatic heterocycles. The highest BCUT2D eigenvalue weighted by atomic mass is 16.5. The lowest BCUT2D eigenvalue weighted by Crippen LogP contribution is -2.35. The molecular weight excluding hydrogens is 316 g/mol. The molecule has 5 nitrogen and oxygen atoms in total. The normalized spacial score (nSPS) is 22.7. The Morgan fingerprint density at radius 1 is 1.20 bits per heavy atom. The first-order valence-corrected chi connectivity index (χ1v) is 9.40. The highest BCUT2D eigenvalue weighted by Crippen LogP contribution is 2.23. The van der Waals surface area contributed by atoms with Gasteiger partial charge < -0.3 is 9.47 Å². The SMILES string of the molecule is COc1ccc(C(C)=O)cc1CN1CCCN(CC2CCCO2)CC1. The highest BCUT2D eigenvalue weighted by Gasteiger charge is 2.22. The monoisotopic (exact) mass is 346 g/mol. The zero-order valence-corrected chi connectivity index (χ0v) is 15.5. The zero-order chi connectivity index (χ0) is 17.6. The topological polar surface area (TPSA) is 42.0 Å². The molecule has 0 saturated carbocycles. The molecule has 1 aromatic rings. The molecule has 25 heavy (non-hydrogen) atoms. The first-order chi connectivity index (χ1) is 12.2. The predicted molar refractivity (Wildman–Crippen MR) is 98.3 cm³/mol. The molecule has 2 heterocycles. The Labute approximate surface area is 150 Å². The maximum absolute atomic E-state index is 11.7. The maximum Gasteiger partial charge on any atom is 0.159 e. The quantitative estimate of drug-likeness (QED) is 0.741. The Bertz CT molecular complexity index is 584. The predicted octanol–water partition coefficient (Wildman–Crippen LogP) is 2.58. The van der Waals surface area contributed by atoms with Gasteiger partial charge in [-0.2, -0.15) is 0 Å². The van der Waals surface area contributed by atoms with E-state index < -0.39 is 0 Å². The number of rotatable bonds is 6. The zero-order valence-electron chi connectivity index (χ0n) is 15.5. The Kier molecular flexibility index (Phi) is 6.45. The van der Waals surface area contributed by atoms with E-state index in [4.69, 9.17) is 9.47 Å². The van der Waals surface area contributed by atoms with Gasteiger partial charge in [0.2, 0.25) is 0 Å². The van der Waals surface area contributed by atoms with Crippen LogP contribution < -0.4 is 4.74 Å². The van der Waals surface area contributed by atoms with Crippen LogP contribution >= 0.6 is 0 Å². The van der Waals surface area contributed by atoms with E-state index in [1.807, 2.05) is 18.2 Å². The van der Waals surface area contributed by atoms with Crippen molar-refractivity contribution in [1.29, 1.82) is 0 Å². The summed E-state index contributed by atoms with van der Waals surface area (Å²) in [6, 6.07) is 5.74. The highest BCUT2D eigenvalue weighted by molar-refractivity contribution is 5.94. The first-order valence-electron chi connectivity index (χ1n) is 9.40. The molecule has 5 heteroatoms. The van der Waals surface area contributed by atoms with Crippen LogP contribution in [0.4, 0.5) is 0 Å². The van der Waals surface area contributed by atoms with Crippen LogP contribution in [0.5, 0.6) is 5.75 Å². The summed E-state index contributed by atoms with van der Waals surface area (Å²) in [5.74, 6) is 0.966. The number of methoxy groups -OCH3 is 1. The van der Waals surface area contributed by atoms with Gasteiger partial charge in [-0.05, 0) is 57.5 Å². The van der Waals surface area contributed by atoms with Crippen LogP contribution in [0, 0.1) is 0 Å². The summed E-state index contributed by atoms with van der Waals surface area (Å²) >= 11 is 0. The van der Waals surface area contributed by atoms with Gasteiger partial charge in [0.15, 0.2) is 5.78 Å². The average Bonchev–Trinajstić information content (AvgIpc) is 3.02. The number of ketones is 1. The Morgan fingerprint density at radius 2 is 2.00 bits per heavy atom. The summed E-state index contributed by atoms with van der Waals surface area (Å²) in [6.45, 7) is 8.78. The van der Waals surface area contributed by atoms with E-state index >= 15 is 0 Å². The third kappa shape index (κ3) is 5.03. The summed E-state index contributed by atoms with van der Waals surface area (Å²) < 4.78 is 11.3. The second-order valence-corrected chi connectivity index (χ2v) is 7.15. The van der Waals surface area contributed by atoms with Gasteiger partial charge in [0.25, 0.3) is 0 Å². The largest absolute Gasteiger partial charge is 0.496 e. The van der Waals surface area contributed by atoms with Gasteiger partial charge in [-0.3, -0.25) is 14.6 Å². The molecule has 0 spiro atoms. The number of nitrogens with zero attached hydrogens (tertiary/aromatic N) is 2. The molecule has 2 fully saturated rings. The van der Waals surface area contributed by atoms with E-state index in [1.54, 1.807) is 14.0 Å².